The van der Waals surface area contributed by atoms with E-state index in [1.807, 2.05) is 90.7 Å². The van der Waals surface area contributed by atoms with E-state index in [1.54, 1.807) is 14.2 Å². The predicted molar refractivity (Wildman–Crippen MR) is 147 cm³/mol. The van der Waals surface area contributed by atoms with Gasteiger partial charge in [-0.05, 0) is 48.9 Å². The summed E-state index contributed by atoms with van der Waals surface area (Å²) in [6.07, 6.45) is -0.440. The Bertz CT molecular complexity index is 1390. The van der Waals surface area contributed by atoms with Crippen molar-refractivity contribution in [3.8, 4) is 11.5 Å². The van der Waals surface area contributed by atoms with Crippen molar-refractivity contribution in [2.24, 2.45) is 0 Å². The van der Waals surface area contributed by atoms with Crippen LogP contribution in [0.4, 0.5) is 11.4 Å². The number of nitrogens with zero attached hydrogens (tertiary/aromatic N) is 2. The SMILES string of the molecule is COc1cc(Br)c([C@H]2N(Cc3ccccc3)c3ccccc3C(=O)N2c2ccc(C)cc2)cc1OC. The zero-order chi connectivity index (χ0) is 25.2. The van der Waals surface area contributed by atoms with E-state index in [9.17, 15) is 4.79 Å². The Morgan fingerprint density at radius 2 is 1.47 bits per heavy atom. The van der Waals surface area contributed by atoms with Crippen LogP contribution in [0.5, 0.6) is 11.5 Å². The minimum absolute atomic E-state index is 0.0505. The van der Waals surface area contributed by atoms with E-state index in [2.05, 4.69) is 33.0 Å². The van der Waals surface area contributed by atoms with E-state index in [1.165, 1.54) is 0 Å². The summed E-state index contributed by atoms with van der Waals surface area (Å²) < 4.78 is 12.0. The van der Waals surface area contributed by atoms with Crippen molar-refractivity contribution < 1.29 is 14.3 Å². The normalized spacial score (nSPS) is 15.0. The van der Waals surface area contributed by atoms with Crippen LogP contribution in [-0.4, -0.2) is 20.1 Å². The molecule has 1 heterocycles. The second-order valence-electron chi connectivity index (χ2n) is 8.74. The molecule has 36 heavy (non-hydrogen) atoms. The number of carbonyl (C=O) groups is 1. The molecular weight excluding hydrogens is 516 g/mol. The summed E-state index contributed by atoms with van der Waals surface area (Å²) in [7, 11) is 3.24. The molecule has 0 bridgehead atoms. The number of anilines is 2. The topological polar surface area (TPSA) is 42.0 Å². The van der Waals surface area contributed by atoms with Gasteiger partial charge >= 0.3 is 0 Å². The first-order valence-electron chi connectivity index (χ1n) is 11.7. The second kappa shape index (κ2) is 10.1. The van der Waals surface area contributed by atoms with Crippen molar-refractivity contribution in [3.63, 3.8) is 0 Å². The minimum Gasteiger partial charge on any atom is -0.493 e. The van der Waals surface area contributed by atoms with E-state index in [4.69, 9.17) is 9.47 Å². The van der Waals surface area contributed by atoms with Gasteiger partial charge in [-0.25, -0.2) is 0 Å². The Hall–Kier alpha value is -3.77. The molecule has 0 saturated heterocycles. The fourth-order valence-corrected chi connectivity index (χ4v) is 5.23. The standard InChI is InChI=1S/C30H27BrN2O3/c1-20-13-15-22(16-14-20)33-29(24-17-27(35-2)28(36-3)18-25(24)31)32(19-21-9-5-4-6-10-21)26-12-8-7-11-23(26)30(33)34/h4-18,29H,19H2,1-3H3/t29-/m0/s1. The summed E-state index contributed by atoms with van der Waals surface area (Å²) >= 11 is 3.77. The van der Waals surface area contributed by atoms with Crippen LogP contribution in [0, 0.1) is 6.92 Å². The maximum atomic E-state index is 14.1. The zero-order valence-electron chi connectivity index (χ0n) is 20.4. The van der Waals surface area contributed by atoms with Crippen LogP contribution in [-0.2, 0) is 6.54 Å². The Kier molecular flexibility index (Phi) is 6.70. The highest BCUT2D eigenvalue weighted by atomic mass is 79.9. The fraction of sp³-hybridized carbons (Fsp3) is 0.167. The monoisotopic (exact) mass is 542 g/mol. The number of amides is 1. The summed E-state index contributed by atoms with van der Waals surface area (Å²) in [6, 6.07) is 30.0. The van der Waals surface area contributed by atoms with E-state index < -0.39 is 6.17 Å². The molecule has 4 aromatic rings. The van der Waals surface area contributed by atoms with Gasteiger partial charge < -0.3 is 14.4 Å². The summed E-state index contributed by atoms with van der Waals surface area (Å²) in [5, 5.41) is 0. The molecule has 6 heteroatoms. The summed E-state index contributed by atoms with van der Waals surface area (Å²) in [4.78, 5) is 18.2. The number of halogens is 1. The lowest BCUT2D eigenvalue weighted by Crippen LogP contribution is -2.49. The van der Waals surface area contributed by atoms with E-state index in [0.29, 0.717) is 23.6 Å². The Morgan fingerprint density at radius 3 is 2.17 bits per heavy atom. The van der Waals surface area contributed by atoms with Crippen molar-refractivity contribution >= 4 is 33.2 Å². The Balaban J connectivity index is 1.77. The Morgan fingerprint density at radius 1 is 0.833 bits per heavy atom. The van der Waals surface area contributed by atoms with Gasteiger partial charge in [0.1, 0.15) is 6.17 Å². The molecule has 0 aromatic heterocycles. The van der Waals surface area contributed by atoms with E-state index in [0.717, 1.165) is 32.5 Å². The van der Waals surface area contributed by atoms with Crippen LogP contribution >= 0.6 is 15.9 Å². The summed E-state index contributed by atoms with van der Waals surface area (Å²) in [5.41, 5.74) is 5.56. The first-order chi connectivity index (χ1) is 17.5. The van der Waals surface area contributed by atoms with Gasteiger partial charge in [0.2, 0.25) is 0 Å². The van der Waals surface area contributed by atoms with Crippen LogP contribution < -0.4 is 19.3 Å². The highest BCUT2D eigenvalue weighted by Gasteiger charge is 2.40. The lowest BCUT2D eigenvalue weighted by Gasteiger charge is -2.46. The number of methoxy groups -OCH3 is 2. The van der Waals surface area contributed by atoms with Crippen molar-refractivity contribution in [2.45, 2.75) is 19.6 Å². The molecule has 182 valence electrons. The molecule has 0 radical (unpaired) electrons. The summed E-state index contributed by atoms with van der Waals surface area (Å²) in [5.74, 6) is 1.17. The number of aryl methyl sites for hydroxylation is 1. The van der Waals surface area contributed by atoms with Crippen molar-refractivity contribution in [1.29, 1.82) is 0 Å². The first kappa shape index (κ1) is 23.9. The van der Waals surface area contributed by atoms with Crippen LogP contribution in [0.2, 0.25) is 0 Å². The number of ether oxygens (including phenoxy) is 2. The predicted octanol–water partition coefficient (Wildman–Crippen LogP) is 7.14. The molecule has 0 N–H and O–H groups in total. The average molecular weight is 543 g/mol. The molecule has 4 aromatic carbocycles. The van der Waals surface area contributed by atoms with Crippen LogP contribution in [0.1, 0.15) is 33.2 Å². The van der Waals surface area contributed by atoms with Crippen LogP contribution in [0.3, 0.4) is 0 Å². The van der Waals surface area contributed by atoms with Gasteiger partial charge in [0.05, 0.1) is 25.5 Å². The van der Waals surface area contributed by atoms with Crippen molar-refractivity contribution in [3.05, 3.63) is 118 Å². The number of hydrogen-bond donors (Lipinski definition) is 0. The molecule has 5 rings (SSSR count). The number of carbonyl (C=O) groups excluding carboxylic acids is 1. The van der Waals surface area contributed by atoms with E-state index in [-0.39, 0.29) is 5.91 Å². The van der Waals surface area contributed by atoms with Gasteiger partial charge in [0.15, 0.2) is 11.5 Å². The zero-order valence-corrected chi connectivity index (χ0v) is 22.0. The van der Waals surface area contributed by atoms with E-state index >= 15 is 0 Å². The highest BCUT2D eigenvalue weighted by Crippen LogP contribution is 2.46. The number of fused-ring (bicyclic) bond motifs is 1. The Labute approximate surface area is 220 Å². The number of benzene rings is 4. The lowest BCUT2D eigenvalue weighted by molar-refractivity contribution is 0.0968. The summed E-state index contributed by atoms with van der Waals surface area (Å²) in [6.45, 7) is 2.65. The molecule has 0 unspecified atom stereocenters. The van der Waals surface area contributed by atoms with Gasteiger partial charge in [-0.2, -0.15) is 0 Å². The maximum absolute atomic E-state index is 14.1. The first-order valence-corrected chi connectivity index (χ1v) is 12.5. The number of para-hydroxylation sites is 1. The second-order valence-corrected chi connectivity index (χ2v) is 9.60. The van der Waals surface area contributed by atoms with Crippen LogP contribution in [0.25, 0.3) is 0 Å². The number of rotatable bonds is 6. The molecule has 0 aliphatic carbocycles. The molecular formula is C30H27BrN2O3. The van der Waals surface area contributed by atoms with Gasteiger partial charge in [0, 0.05) is 22.3 Å². The maximum Gasteiger partial charge on any atom is 0.262 e. The quantitative estimate of drug-likeness (QED) is 0.259. The van der Waals surface area contributed by atoms with Gasteiger partial charge in [-0.3, -0.25) is 9.69 Å². The molecule has 5 nitrogen and oxygen atoms in total. The average Bonchev–Trinajstić information content (AvgIpc) is 2.91. The van der Waals surface area contributed by atoms with Gasteiger partial charge in [0.25, 0.3) is 5.91 Å². The molecule has 0 fully saturated rings. The third-order valence-electron chi connectivity index (χ3n) is 6.49. The van der Waals surface area contributed by atoms with Crippen molar-refractivity contribution in [1.82, 2.24) is 0 Å². The fourth-order valence-electron chi connectivity index (χ4n) is 4.71. The molecule has 1 aliphatic rings. The minimum atomic E-state index is -0.440. The van der Waals surface area contributed by atoms with Crippen LogP contribution in [0.15, 0.2) is 95.5 Å². The molecule has 1 amide bonds. The molecule has 0 saturated carbocycles. The third-order valence-corrected chi connectivity index (χ3v) is 7.18. The third kappa shape index (κ3) is 4.33. The van der Waals surface area contributed by atoms with Gasteiger partial charge in [-0.15, -0.1) is 0 Å². The molecule has 1 atom stereocenters. The van der Waals surface area contributed by atoms with Crippen molar-refractivity contribution in [2.75, 3.05) is 24.0 Å². The molecule has 1 aliphatic heterocycles. The largest absolute Gasteiger partial charge is 0.493 e. The van der Waals surface area contributed by atoms with Gasteiger partial charge in [-0.1, -0.05) is 76.1 Å². The number of hydrogen-bond acceptors (Lipinski definition) is 4. The smallest absolute Gasteiger partial charge is 0.262 e. The lowest BCUT2D eigenvalue weighted by atomic mass is 9.98. The highest BCUT2D eigenvalue weighted by molar-refractivity contribution is 9.10. The molecule has 0 spiro atoms.